The van der Waals surface area contributed by atoms with Gasteiger partial charge in [-0.15, -0.1) is 0 Å². The summed E-state index contributed by atoms with van der Waals surface area (Å²) in [7, 11) is 0. The summed E-state index contributed by atoms with van der Waals surface area (Å²) in [5.41, 5.74) is 0.911. The average molecular weight is 290 g/mol. The molecular weight excluding hydrogens is 272 g/mol. The zero-order valence-electron chi connectivity index (χ0n) is 11.6. The Kier molecular flexibility index (Phi) is 3.75. The highest BCUT2D eigenvalue weighted by Gasteiger charge is 2.36. The maximum absolute atomic E-state index is 12.2. The molecule has 2 N–H and O–H groups in total. The fourth-order valence-electron chi connectivity index (χ4n) is 2.99. The molecule has 6 heteroatoms. The van der Waals surface area contributed by atoms with Gasteiger partial charge in [-0.25, -0.2) is 0 Å². The van der Waals surface area contributed by atoms with Crippen LogP contribution in [0.4, 0.5) is 0 Å². The van der Waals surface area contributed by atoms with E-state index >= 15 is 0 Å². The first-order valence-electron chi connectivity index (χ1n) is 7.08. The van der Waals surface area contributed by atoms with Crippen LogP contribution in [0.25, 0.3) is 0 Å². The quantitative estimate of drug-likeness (QED) is 0.735. The molecule has 2 aliphatic heterocycles. The molecule has 21 heavy (non-hydrogen) atoms. The number of aliphatic hydroxyl groups is 2. The van der Waals surface area contributed by atoms with E-state index in [1.165, 1.54) is 4.90 Å². The molecule has 112 valence electrons. The summed E-state index contributed by atoms with van der Waals surface area (Å²) in [4.78, 5) is 27.6. The highest BCUT2D eigenvalue weighted by Crippen LogP contribution is 2.23. The lowest BCUT2D eigenvalue weighted by Crippen LogP contribution is -2.37. The topological polar surface area (TPSA) is 81.1 Å². The van der Waals surface area contributed by atoms with Crippen LogP contribution in [0.15, 0.2) is 24.3 Å². The van der Waals surface area contributed by atoms with Crippen LogP contribution >= 0.6 is 0 Å². The lowest BCUT2D eigenvalue weighted by Gasteiger charge is -2.19. The zero-order chi connectivity index (χ0) is 15.0. The van der Waals surface area contributed by atoms with E-state index in [4.69, 9.17) is 5.11 Å². The van der Waals surface area contributed by atoms with E-state index in [0.29, 0.717) is 37.3 Å². The number of hydrogen-bond acceptors (Lipinski definition) is 5. The summed E-state index contributed by atoms with van der Waals surface area (Å²) in [5.74, 6) is -0.657. The first-order chi connectivity index (χ1) is 10.1. The Balaban J connectivity index is 1.63. The minimum atomic E-state index is -0.544. The number of aliphatic hydroxyl groups excluding tert-OH is 2. The lowest BCUT2D eigenvalue weighted by molar-refractivity contribution is 0.0638. The normalized spacial score (nSPS) is 25.7. The predicted octanol–water partition coefficient (Wildman–Crippen LogP) is -0.432. The molecule has 2 aliphatic rings. The minimum absolute atomic E-state index is 0.0509. The van der Waals surface area contributed by atoms with Crippen molar-refractivity contribution >= 4 is 11.8 Å². The van der Waals surface area contributed by atoms with Crippen molar-refractivity contribution in [3.8, 4) is 0 Å². The molecule has 0 saturated carbocycles. The molecular formula is C15H18N2O4. The molecule has 2 amide bonds. The molecule has 0 radical (unpaired) electrons. The number of benzene rings is 1. The van der Waals surface area contributed by atoms with Gasteiger partial charge in [0.2, 0.25) is 0 Å². The highest BCUT2D eigenvalue weighted by atomic mass is 16.3. The summed E-state index contributed by atoms with van der Waals surface area (Å²) in [6.45, 7) is 1.82. The Morgan fingerprint density at radius 3 is 2.19 bits per heavy atom. The number of rotatable bonds is 4. The standard InChI is InChI=1S/C15H18N2O4/c18-9-10-7-16(8-13(10)19)5-6-17-14(20)11-3-1-2-4-12(11)15(17)21/h1-4,10,13,18-19H,5-9H2/t10-,13-/m0/s1. The van der Waals surface area contributed by atoms with Gasteiger partial charge in [-0.2, -0.15) is 0 Å². The van der Waals surface area contributed by atoms with Crippen molar-refractivity contribution in [3.63, 3.8) is 0 Å². The van der Waals surface area contributed by atoms with Crippen LogP contribution in [-0.4, -0.2) is 70.7 Å². The van der Waals surface area contributed by atoms with Crippen LogP contribution in [0.3, 0.4) is 0 Å². The summed E-state index contributed by atoms with van der Waals surface area (Å²) < 4.78 is 0. The summed E-state index contributed by atoms with van der Waals surface area (Å²) in [6, 6.07) is 6.82. The second-order valence-electron chi connectivity index (χ2n) is 5.58. The number of nitrogens with zero attached hydrogens (tertiary/aromatic N) is 2. The van der Waals surface area contributed by atoms with Crippen LogP contribution in [-0.2, 0) is 0 Å². The second kappa shape index (κ2) is 5.55. The number of imide groups is 1. The van der Waals surface area contributed by atoms with Crippen molar-refractivity contribution in [1.29, 1.82) is 0 Å². The van der Waals surface area contributed by atoms with E-state index in [2.05, 4.69) is 0 Å². The van der Waals surface area contributed by atoms with Gasteiger partial charge in [0.1, 0.15) is 0 Å². The Morgan fingerprint density at radius 2 is 1.67 bits per heavy atom. The second-order valence-corrected chi connectivity index (χ2v) is 5.58. The largest absolute Gasteiger partial charge is 0.396 e. The van der Waals surface area contributed by atoms with Gasteiger partial charge in [-0.1, -0.05) is 12.1 Å². The third-order valence-corrected chi connectivity index (χ3v) is 4.23. The van der Waals surface area contributed by atoms with Gasteiger partial charge in [0.25, 0.3) is 11.8 Å². The van der Waals surface area contributed by atoms with Crippen molar-refractivity contribution in [2.75, 3.05) is 32.8 Å². The molecule has 0 bridgehead atoms. The molecule has 1 aromatic rings. The Hall–Kier alpha value is -1.76. The average Bonchev–Trinajstić information content (AvgIpc) is 2.97. The van der Waals surface area contributed by atoms with Crippen LogP contribution in [0, 0.1) is 5.92 Å². The minimum Gasteiger partial charge on any atom is -0.396 e. The monoisotopic (exact) mass is 290 g/mol. The molecule has 0 aromatic heterocycles. The van der Waals surface area contributed by atoms with Crippen molar-refractivity contribution in [3.05, 3.63) is 35.4 Å². The van der Waals surface area contributed by atoms with Gasteiger partial charge in [0, 0.05) is 38.7 Å². The van der Waals surface area contributed by atoms with Gasteiger partial charge in [0.15, 0.2) is 0 Å². The molecule has 2 heterocycles. The molecule has 1 aromatic carbocycles. The van der Waals surface area contributed by atoms with Crippen LogP contribution in [0.2, 0.25) is 0 Å². The molecule has 1 saturated heterocycles. The van der Waals surface area contributed by atoms with Gasteiger partial charge in [0.05, 0.1) is 17.2 Å². The first kappa shape index (κ1) is 14.2. The number of β-amino-alcohol motifs (C(OH)–C–C–N with tert-alkyl or cyclic N) is 1. The van der Waals surface area contributed by atoms with Crippen molar-refractivity contribution in [2.24, 2.45) is 5.92 Å². The molecule has 0 unspecified atom stereocenters. The summed E-state index contributed by atoms with van der Waals surface area (Å²) >= 11 is 0. The van der Waals surface area contributed by atoms with Gasteiger partial charge in [-0.3, -0.25) is 19.4 Å². The number of likely N-dealkylation sites (tertiary alicyclic amines) is 1. The molecule has 2 atom stereocenters. The van der Waals surface area contributed by atoms with E-state index in [9.17, 15) is 14.7 Å². The number of hydrogen-bond donors (Lipinski definition) is 2. The van der Waals surface area contributed by atoms with Crippen LogP contribution < -0.4 is 0 Å². The Labute approximate surface area is 122 Å². The maximum atomic E-state index is 12.2. The zero-order valence-corrected chi connectivity index (χ0v) is 11.6. The summed E-state index contributed by atoms with van der Waals surface area (Å²) in [5, 5.41) is 18.9. The molecule has 0 aliphatic carbocycles. The SMILES string of the molecule is O=C1c2ccccc2C(=O)N1CCN1C[C@@H](CO)[C@@H](O)C1. The van der Waals surface area contributed by atoms with E-state index in [-0.39, 0.29) is 24.3 Å². The number of amides is 2. The third kappa shape index (κ3) is 2.46. The van der Waals surface area contributed by atoms with E-state index in [1.54, 1.807) is 24.3 Å². The van der Waals surface area contributed by atoms with Crippen molar-refractivity contribution in [1.82, 2.24) is 9.80 Å². The predicted molar refractivity (Wildman–Crippen MR) is 74.8 cm³/mol. The Morgan fingerprint density at radius 1 is 1.05 bits per heavy atom. The number of carbonyl (C=O) groups excluding carboxylic acids is 2. The fourth-order valence-corrected chi connectivity index (χ4v) is 2.99. The molecule has 0 spiro atoms. The van der Waals surface area contributed by atoms with Crippen LogP contribution in [0.1, 0.15) is 20.7 Å². The highest BCUT2D eigenvalue weighted by molar-refractivity contribution is 6.21. The lowest BCUT2D eigenvalue weighted by atomic mass is 10.1. The van der Waals surface area contributed by atoms with E-state index < -0.39 is 6.10 Å². The Bertz CT molecular complexity index is 540. The third-order valence-electron chi connectivity index (χ3n) is 4.23. The van der Waals surface area contributed by atoms with Crippen molar-refractivity contribution in [2.45, 2.75) is 6.10 Å². The van der Waals surface area contributed by atoms with Gasteiger partial charge >= 0.3 is 0 Å². The fraction of sp³-hybridized carbons (Fsp3) is 0.467. The molecule has 1 fully saturated rings. The number of carbonyl (C=O) groups is 2. The van der Waals surface area contributed by atoms with Crippen LogP contribution in [0.5, 0.6) is 0 Å². The van der Waals surface area contributed by atoms with Gasteiger partial charge < -0.3 is 10.2 Å². The first-order valence-corrected chi connectivity index (χ1v) is 7.08. The van der Waals surface area contributed by atoms with Crippen molar-refractivity contribution < 1.29 is 19.8 Å². The maximum Gasteiger partial charge on any atom is 0.261 e. The molecule has 6 nitrogen and oxygen atoms in total. The van der Waals surface area contributed by atoms with E-state index in [1.807, 2.05) is 4.90 Å². The summed E-state index contributed by atoms with van der Waals surface area (Å²) in [6.07, 6.45) is -0.544. The number of fused-ring (bicyclic) bond motifs is 1. The molecule has 3 rings (SSSR count). The van der Waals surface area contributed by atoms with Gasteiger partial charge in [-0.05, 0) is 12.1 Å². The van der Waals surface area contributed by atoms with E-state index in [0.717, 1.165) is 0 Å². The smallest absolute Gasteiger partial charge is 0.261 e.